The van der Waals surface area contributed by atoms with Crippen molar-refractivity contribution in [3.05, 3.63) is 64.7 Å². The number of nitrogens with one attached hydrogen (secondary N) is 1. The highest BCUT2D eigenvalue weighted by Crippen LogP contribution is 2.23. The molecule has 0 radical (unpaired) electrons. The number of sulfonamides is 1. The van der Waals surface area contributed by atoms with E-state index in [4.69, 9.17) is 11.6 Å². The van der Waals surface area contributed by atoms with E-state index in [0.717, 1.165) is 48.2 Å². The first-order valence-corrected chi connectivity index (χ1v) is 15.3. The van der Waals surface area contributed by atoms with Gasteiger partial charge in [0, 0.05) is 17.6 Å². The van der Waals surface area contributed by atoms with Gasteiger partial charge in [-0.3, -0.25) is 13.9 Å². The third kappa shape index (κ3) is 7.95. The summed E-state index contributed by atoms with van der Waals surface area (Å²) in [5, 5.41) is 3.62. The largest absolute Gasteiger partial charge is 0.352 e. The molecule has 0 saturated heterocycles. The van der Waals surface area contributed by atoms with E-state index < -0.39 is 28.5 Å². The Morgan fingerprint density at radius 3 is 2.24 bits per heavy atom. The van der Waals surface area contributed by atoms with E-state index >= 15 is 0 Å². The van der Waals surface area contributed by atoms with Gasteiger partial charge in [0.1, 0.15) is 12.6 Å². The molecule has 2 amide bonds. The van der Waals surface area contributed by atoms with Crippen molar-refractivity contribution in [3.63, 3.8) is 0 Å². The number of amides is 2. The van der Waals surface area contributed by atoms with Crippen LogP contribution in [0.3, 0.4) is 0 Å². The molecule has 37 heavy (non-hydrogen) atoms. The van der Waals surface area contributed by atoms with Crippen LogP contribution in [-0.2, 0) is 32.6 Å². The van der Waals surface area contributed by atoms with E-state index in [0.29, 0.717) is 22.7 Å². The summed E-state index contributed by atoms with van der Waals surface area (Å²) in [6.07, 6.45) is 7.46. The van der Waals surface area contributed by atoms with Crippen LogP contribution in [0.2, 0.25) is 5.02 Å². The summed E-state index contributed by atoms with van der Waals surface area (Å²) in [6.45, 7) is 3.56. The lowest BCUT2D eigenvalue weighted by Crippen LogP contribution is -2.54. The van der Waals surface area contributed by atoms with Gasteiger partial charge in [0.05, 0.1) is 11.9 Å². The Morgan fingerprint density at radius 1 is 1.03 bits per heavy atom. The lowest BCUT2D eigenvalue weighted by molar-refractivity contribution is -0.140. The van der Waals surface area contributed by atoms with Gasteiger partial charge in [-0.2, -0.15) is 0 Å². The lowest BCUT2D eigenvalue weighted by atomic mass is 9.95. The molecule has 1 aliphatic carbocycles. The molecule has 0 aromatic heterocycles. The monoisotopic (exact) mass is 547 g/mol. The zero-order valence-electron chi connectivity index (χ0n) is 22.0. The molecule has 0 aliphatic heterocycles. The van der Waals surface area contributed by atoms with Crippen LogP contribution in [0.1, 0.15) is 63.5 Å². The van der Waals surface area contributed by atoms with Crippen LogP contribution in [0.15, 0.2) is 48.5 Å². The van der Waals surface area contributed by atoms with E-state index in [2.05, 4.69) is 5.32 Å². The number of rotatable bonds is 11. The van der Waals surface area contributed by atoms with Crippen molar-refractivity contribution in [1.82, 2.24) is 10.2 Å². The standard InChI is InChI=1S/C28H38ClN3O4S/c1-4-21-15-17-24(18-16-21)32(37(3,35)36)20-27(33)31(19-22-11-9-10-14-25(22)29)26(5-2)28(34)30-23-12-7-6-8-13-23/h9-11,14-18,23,26H,4-8,12-13,19-20H2,1-3H3,(H,30,34)/t26-/m0/s1. The molecule has 7 nitrogen and oxygen atoms in total. The molecule has 202 valence electrons. The molecule has 2 aromatic rings. The van der Waals surface area contributed by atoms with Crippen LogP contribution in [-0.4, -0.2) is 50.0 Å². The Morgan fingerprint density at radius 2 is 1.68 bits per heavy atom. The summed E-state index contributed by atoms with van der Waals surface area (Å²) in [6, 6.07) is 13.6. The Hall–Kier alpha value is -2.58. The minimum atomic E-state index is -3.76. The van der Waals surface area contributed by atoms with Crippen molar-refractivity contribution in [2.24, 2.45) is 0 Å². The fourth-order valence-corrected chi connectivity index (χ4v) is 5.83. The molecule has 1 N–H and O–H groups in total. The number of hydrogen-bond donors (Lipinski definition) is 1. The molecule has 0 bridgehead atoms. The smallest absolute Gasteiger partial charge is 0.244 e. The topological polar surface area (TPSA) is 86.8 Å². The van der Waals surface area contributed by atoms with Gasteiger partial charge in [-0.1, -0.05) is 75.0 Å². The van der Waals surface area contributed by atoms with Crippen molar-refractivity contribution >= 4 is 39.1 Å². The Kier molecular flexibility index (Phi) is 10.4. The quantitative estimate of drug-likeness (QED) is 0.432. The molecule has 0 unspecified atom stereocenters. The zero-order chi connectivity index (χ0) is 27.0. The molecule has 0 heterocycles. The molecule has 3 rings (SSSR count). The average Bonchev–Trinajstić information content (AvgIpc) is 2.88. The second-order valence-electron chi connectivity index (χ2n) is 9.67. The van der Waals surface area contributed by atoms with Crippen LogP contribution in [0.5, 0.6) is 0 Å². The number of anilines is 1. The van der Waals surface area contributed by atoms with Gasteiger partial charge in [-0.25, -0.2) is 8.42 Å². The summed E-state index contributed by atoms with van der Waals surface area (Å²) in [5.74, 6) is -0.677. The molecule has 1 aliphatic rings. The number of aryl methyl sites for hydroxylation is 1. The second-order valence-corrected chi connectivity index (χ2v) is 12.0. The van der Waals surface area contributed by atoms with Gasteiger partial charge in [0.25, 0.3) is 0 Å². The maximum atomic E-state index is 13.8. The summed E-state index contributed by atoms with van der Waals surface area (Å²) in [7, 11) is -3.76. The third-order valence-electron chi connectivity index (χ3n) is 6.95. The van der Waals surface area contributed by atoms with E-state index in [1.807, 2.05) is 38.1 Å². The van der Waals surface area contributed by atoms with E-state index in [9.17, 15) is 18.0 Å². The molecule has 0 spiro atoms. The fraction of sp³-hybridized carbons (Fsp3) is 0.500. The van der Waals surface area contributed by atoms with Gasteiger partial charge in [-0.05, 0) is 55.0 Å². The van der Waals surface area contributed by atoms with Crippen LogP contribution in [0.4, 0.5) is 5.69 Å². The molecular weight excluding hydrogens is 510 g/mol. The average molecular weight is 548 g/mol. The first kappa shape index (κ1) is 29.0. The number of hydrogen-bond acceptors (Lipinski definition) is 4. The van der Waals surface area contributed by atoms with Crippen molar-refractivity contribution in [2.45, 2.75) is 77.4 Å². The molecule has 9 heteroatoms. The molecule has 1 saturated carbocycles. The molecular formula is C28H38ClN3O4S. The summed E-state index contributed by atoms with van der Waals surface area (Å²) < 4.78 is 26.6. The van der Waals surface area contributed by atoms with Crippen LogP contribution >= 0.6 is 11.6 Å². The predicted octanol–water partition coefficient (Wildman–Crippen LogP) is 4.92. The molecule has 2 aromatic carbocycles. The predicted molar refractivity (Wildman–Crippen MR) is 149 cm³/mol. The minimum Gasteiger partial charge on any atom is -0.352 e. The van der Waals surface area contributed by atoms with Gasteiger partial charge < -0.3 is 10.2 Å². The normalized spacial score (nSPS) is 15.1. The van der Waals surface area contributed by atoms with E-state index in [1.165, 1.54) is 11.3 Å². The van der Waals surface area contributed by atoms with Crippen molar-refractivity contribution in [1.29, 1.82) is 0 Å². The SMILES string of the molecule is CCc1ccc(N(CC(=O)N(Cc2ccccc2Cl)[C@@H](CC)C(=O)NC2CCCCC2)S(C)(=O)=O)cc1. The van der Waals surface area contributed by atoms with Gasteiger partial charge >= 0.3 is 0 Å². The number of carbonyl (C=O) groups is 2. The summed E-state index contributed by atoms with van der Waals surface area (Å²) in [5.41, 5.74) is 2.17. The maximum Gasteiger partial charge on any atom is 0.244 e. The lowest BCUT2D eigenvalue weighted by Gasteiger charge is -2.34. The Balaban J connectivity index is 1.91. The first-order chi connectivity index (χ1) is 17.6. The van der Waals surface area contributed by atoms with Crippen LogP contribution in [0.25, 0.3) is 0 Å². The Bertz CT molecular complexity index is 1160. The number of carbonyl (C=O) groups excluding carboxylic acids is 2. The number of halogens is 1. The Labute approximate surface area is 226 Å². The fourth-order valence-electron chi connectivity index (χ4n) is 4.79. The highest BCUT2D eigenvalue weighted by molar-refractivity contribution is 7.92. The summed E-state index contributed by atoms with van der Waals surface area (Å²) >= 11 is 6.41. The summed E-state index contributed by atoms with van der Waals surface area (Å²) in [4.78, 5) is 28.7. The van der Waals surface area contributed by atoms with Crippen molar-refractivity contribution in [2.75, 3.05) is 17.1 Å². The van der Waals surface area contributed by atoms with E-state index in [-0.39, 0.29) is 18.5 Å². The van der Waals surface area contributed by atoms with E-state index in [1.54, 1.807) is 24.3 Å². The van der Waals surface area contributed by atoms with Crippen molar-refractivity contribution < 1.29 is 18.0 Å². The second kappa shape index (κ2) is 13.3. The molecule has 1 fully saturated rings. The maximum absolute atomic E-state index is 13.8. The number of benzene rings is 2. The third-order valence-corrected chi connectivity index (χ3v) is 8.46. The van der Waals surface area contributed by atoms with Crippen LogP contribution in [0, 0.1) is 0 Å². The minimum absolute atomic E-state index is 0.0946. The van der Waals surface area contributed by atoms with Crippen LogP contribution < -0.4 is 9.62 Å². The van der Waals surface area contributed by atoms with Gasteiger partial charge in [-0.15, -0.1) is 0 Å². The first-order valence-electron chi connectivity index (χ1n) is 13.0. The number of nitrogens with zero attached hydrogens (tertiary/aromatic N) is 2. The zero-order valence-corrected chi connectivity index (χ0v) is 23.5. The van der Waals surface area contributed by atoms with Crippen molar-refractivity contribution in [3.8, 4) is 0 Å². The van der Waals surface area contributed by atoms with Gasteiger partial charge in [0.2, 0.25) is 21.8 Å². The molecule has 1 atom stereocenters. The highest BCUT2D eigenvalue weighted by atomic mass is 35.5. The highest BCUT2D eigenvalue weighted by Gasteiger charge is 2.33. The van der Waals surface area contributed by atoms with Gasteiger partial charge in [0.15, 0.2) is 0 Å².